The SMILES string of the molecule is Cc1nc(C2CCC(C)C2)sc1CNC1CC1. The minimum Gasteiger partial charge on any atom is -0.309 e. The average molecular weight is 250 g/mol. The van der Waals surface area contributed by atoms with Crippen LogP contribution in [-0.2, 0) is 6.54 Å². The van der Waals surface area contributed by atoms with Gasteiger partial charge in [-0.2, -0.15) is 0 Å². The van der Waals surface area contributed by atoms with Gasteiger partial charge in [0.2, 0.25) is 0 Å². The minimum atomic E-state index is 0.753. The lowest BCUT2D eigenvalue weighted by Gasteiger charge is -2.04. The molecule has 2 nitrogen and oxygen atoms in total. The van der Waals surface area contributed by atoms with E-state index < -0.39 is 0 Å². The van der Waals surface area contributed by atoms with Crippen molar-refractivity contribution >= 4 is 11.3 Å². The number of hydrogen-bond donors (Lipinski definition) is 1. The highest BCUT2D eigenvalue weighted by molar-refractivity contribution is 7.11. The lowest BCUT2D eigenvalue weighted by atomic mass is 10.1. The number of thiazole rings is 1. The molecule has 94 valence electrons. The number of nitrogens with zero attached hydrogens (tertiary/aromatic N) is 1. The van der Waals surface area contributed by atoms with Gasteiger partial charge in [0.1, 0.15) is 0 Å². The van der Waals surface area contributed by atoms with E-state index in [-0.39, 0.29) is 0 Å². The van der Waals surface area contributed by atoms with E-state index in [0.717, 1.165) is 24.4 Å². The first-order chi connectivity index (χ1) is 8.22. The van der Waals surface area contributed by atoms with Crippen molar-refractivity contribution in [2.45, 2.75) is 64.5 Å². The molecule has 2 saturated carbocycles. The van der Waals surface area contributed by atoms with Gasteiger partial charge in [0.05, 0.1) is 10.7 Å². The first kappa shape index (κ1) is 11.7. The molecule has 0 bridgehead atoms. The Morgan fingerprint density at radius 2 is 2.12 bits per heavy atom. The standard InChI is InChI=1S/C14H22N2S/c1-9-3-4-11(7-9)14-16-10(2)13(17-14)8-15-12-5-6-12/h9,11-12,15H,3-8H2,1-2H3. The second-order valence-corrected chi connectivity index (χ2v) is 6.95. The molecular weight excluding hydrogens is 228 g/mol. The monoisotopic (exact) mass is 250 g/mol. The third-order valence-electron chi connectivity index (χ3n) is 4.08. The number of aromatic nitrogens is 1. The third-order valence-corrected chi connectivity index (χ3v) is 5.40. The summed E-state index contributed by atoms with van der Waals surface area (Å²) in [6.45, 7) is 5.58. The van der Waals surface area contributed by atoms with Crippen LogP contribution < -0.4 is 5.32 Å². The first-order valence-corrected chi connectivity index (χ1v) is 7.73. The summed E-state index contributed by atoms with van der Waals surface area (Å²) in [5.74, 6) is 1.65. The van der Waals surface area contributed by atoms with Crippen molar-refractivity contribution in [2.24, 2.45) is 5.92 Å². The van der Waals surface area contributed by atoms with E-state index in [0.29, 0.717) is 0 Å². The summed E-state index contributed by atoms with van der Waals surface area (Å²) >= 11 is 1.95. The molecule has 1 aromatic heterocycles. The van der Waals surface area contributed by atoms with Crippen molar-refractivity contribution in [1.82, 2.24) is 10.3 Å². The zero-order chi connectivity index (χ0) is 11.8. The topological polar surface area (TPSA) is 24.9 Å². The van der Waals surface area contributed by atoms with E-state index in [1.807, 2.05) is 11.3 Å². The predicted molar refractivity (Wildman–Crippen MR) is 72.5 cm³/mol. The van der Waals surface area contributed by atoms with Crippen LogP contribution in [0.5, 0.6) is 0 Å². The summed E-state index contributed by atoms with van der Waals surface area (Å²) in [7, 11) is 0. The summed E-state index contributed by atoms with van der Waals surface area (Å²) in [5, 5.41) is 5.00. The lowest BCUT2D eigenvalue weighted by Crippen LogP contribution is -2.14. The fraction of sp³-hybridized carbons (Fsp3) is 0.786. The molecule has 0 saturated heterocycles. The fourth-order valence-corrected chi connectivity index (χ4v) is 3.91. The highest BCUT2D eigenvalue weighted by atomic mass is 32.1. The van der Waals surface area contributed by atoms with E-state index in [9.17, 15) is 0 Å². The predicted octanol–water partition coefficient (Wildman–Crippen LogP) is 3.61. The molecule has 3 rings (SSSR count). The molecule has 0 aromatic carbocycles. The zero-order valence-electron chi connectivity index (χ0n) is 10.8. The van der Waals surface area contributed by atoms with E-state index in [1.165, 1.54) is 47.7 Å². The molecule has 2 fully saturated rings. The van der Waals surface area contributed by atoms with Crippen molar-refractivity contribution in [3.05, 3.63) is 15.6 Å². The maximum atomic E-state index is 4.80. The Kier molecular flexibility index (Phi) is 3.22. The summed E-state index contributed by atoms with van der Waals surface area (Å²) in [6, 6.07) is 0.798. The van der Waals surface area contributed by atoms with Crippen molar-refractivity contribution in [1.29, 1.82) is 0 Å². The molecule has 2 aliphatic carbocycles. The van der Waals surface area contributed by atoms with Gasteiger partial charge in [-0.25, -0.2) is 4.98 Å². The molecule has 2 aliphatic rings. The van der Waals surface area contributed by atoms with Gasteiger partial charge < -0.3 is 5.32 Å². The number of hydrogen-bond acceptors (Lipinski definition) is 3. The molecule has 0 spiro atoms. The van der Waals surface area contributed by atoms with Crippen LogP contribution in [0.25, 0.3) is 0 Å². The lowest BCUT2D eigenvalue weighted by molar-refractivity contribution is 0.595. The second-order valence-electron chi connectivity index (χ2n) is 5.83. The van der Waals surface area contributed by atoms with Crippen LogP contribution in [-0.4, -0.2) is 11.0 Å². The Labute approximate surface area is 108 Å². The van der Waals surface area contributed by atoms with Crippen molar-refractivity contribution in [2.75, 3.05) is 0 Å². The van der Waals surface area contributed by atoms with Crippen LogP contribution in [0, 0.1) is 12.8 Å². The number of aryl methyl sites for hydroxylation is 1. The molecule has 1 heterocycles. The molecule has 1 aromatic rings. The van der Waals surface area contributed by atoms with Crippen LogP contribution in [0.4, 0.5) is 0 Å². The third kappa shape index (κ3) is 2.71. The van der Waals surface area contributed by atoms with Crippen LogP contribution in [0.15, 0.2) is 0 Å². The van der Waals surface area contributed by atoms with Gasteiger partial charge in [-0.1, -0.05) is 13.3 Å². The van der Waals surface area contributed by atoms with E-state index >= 15 is 0 Å². The summed E-state index contributed by atoms with van der Waals surface area (Å²) in [4.78, 5) is 6.27. The largest absolute Gasteiger partial charge is 0.309 e. The molecule has 0 aliphatic heterocycles. The van der Waals surface area contributed by atoms with Gasteiger partial charge in [0.25, 0.3) is 0 Å². The highest BCUT2D eigenvalue weighted by Gasteiger charge is 2.26. The Morgan fingerprint density at radius 1 is 1.29 bits per heavy atom. The Morgan fingerprint density at radius 3 is 2.76 bits per heavy atom. The summed E-state index contributed by atoms with van der Waals surface area (Å²) < 4.78 is 0. The summed E-state index contributed by atoms with van der Waals surface area (Å²) in [5.41, 5.74) is 1.26. The maximum absolute atomic E-state index is 4.80. The molecule has 0 radical (unpaired) electrons. The fourth-order valence-electron chi connectivity index (χ4n) is 2.75. The summed E-state index contributed by atoms with van der Waals surface area (Å²) in [6.07, 6.45) is 6.82. The number of rotatable bonds is 4. The average Bonchev–Trinajstić information content (AvgIpc) is 2.92. The van der Waals surface area contributed by atoms with Gasteiger partial charge in [-0.15, -0.1) is 11.3 Å². The minimum absolute atomic E-state index is 0.753. The van der Waals surface area contributed by atoms with E-state index in [4.69, 9.17) is 4.98 Å². The van der Waals surface area contributed by atoms with Crippen LogP contribution >= 0.6 is 11.3 Å². The van der Waals surface area contributed by atoms with Crippen molar-refractivity contribution < 1.29 is 0 Å². The molecule has 3 heteroatoms. The maximum Gasteiger partial charge on any atom is 0.0962 e. The van der Waals surface area contributed by atoms with E-state index in [2.05, 4.69) is 19.2 Å². The first-order valence-electron chi connectivity index (χ1n) is 6.92. The zero-order valence-corrected chi connectivity index (χ0v) is 11.6. The molecule has 0 amide bonds. The Hall–Kier alpha value is -0.410. The van der Waals surface area contributed by atoms with Crippen LogP contribution in [0.3, 0.4) is 0 Å². The molecular formula is C14H22N2S. The van der Waals surface area contributed by atoms with Crippen molar-refractivity contribution in [3.8, 4) is 0 Å². The van der Waals surface area contributed by atoms with Gasteiger partial charge in [-0.3, -0.25) is 0 Å². The molecule has 17 heavy (non-hydrogen) atoms. The highest BCUT2D eigenvalue weighted by Crippen LogP contribution is 2.40. The van der Waals surface area contributed by atoms with Gasteiger partial charge in [-0.05, 0) is 38.5 Å². The molecule has 2 unspecified atom stereocenters. The van der Waals surface area contributed by atoms with Crippen molar-refractivity contribution in [3.63, 3.8) is 0 Å². The Balaban J connectivity index is 1.66. The quantitative estimate of drug-likeness (QED) is 0.883. The normalized spacial score (nSPS) is 28.8. The van der Waals surface area contributed by atoms with Crippen LogP contribution in [0.2, 0.25) is 0 Å². The number of nitrogens with one attached hydrogen (secondary N) is 1. The van der Waals surface area contributed by atoms with E-state index in [1.54, 1.807) is 0 Å². The smallest absolute Gasteiger partial charge is 0.0962 e. The second kappa shape index (κ2) is 4.69. The Bertz CT molecular complexity index is 395. The van der Waals surface area contributed by atoms with Gasteiger partial charge in [0, 0.05) is 23.4 Å². The molecule has 2 atom stereocenters. The van der Waals surface area contributed by atoms with Gasteiger partial charge >= 0.3 is 0 Å². The van der Waals surface area contributed by atoms with Gasteiger partial charge in [0.15, 0.2) is 0 Å². The molecule has 1 N–H and O–H groups in total. The van der Waals surface area contributed by atoms with Crippen LogP contribution in [0.1, 0.15) is 60.5 Å².